The van der Waals surface area contributed by atoms with Crippen molar-refractivity contribution >= 4 is 11.2 Å². The van der Waals surface area contributed by atoms with Gasteiger partial charge in [0.25, 0.3) is 5.56 Å². The molecule has 0 fully saturated rings. The van der Waals surface area contributed by atoms with Crippen LogP contribution in [0.25, 0.3) is 11.2 Å². The van der Waals surface area contributed by atoms with Gasteiger partial charge in [0, 0.05) is 39.9 Å². The fourth-order valence-electron chi connectivity index (χ4n) is 4.28. The molecule has 2 heterocycles. The Balaban J connectivity index is 1.82. The number of nitrogens with zero attached hydrogens (tertiary/aromatic N) is 5. The minimum Gasteiger partial charge on any atom is -0.425 e. The summed E-state index contributed by atoms with van der Waals surface area (Å²) in [4.78, 5) is 33.1. The molecule has 0 N–H and O–H groups in total. The number of hydrogen-bond acceptors (Lipinski definition) is 7. The van der Waals surface area contributed by atoms with E-state index in [4.69, 9.17) is 9.47 Å². The molecule has 0 saturated carbocycles. The molecule has 0 amide bonds. The van der Waals surface area contributed by atoms with E-state index in [0.29, 0.717) is 13.0 Å². The number of benzene rings is 2. The molecule has 214 valence electrons. The Hall–Kier alpha value is -4.10. The van der Waals surface area contributed by atoms with Gasteiger partial charge in [-0.25, -0.2) is 4.79 Å². The predicted molar refractivity (Wildman–Crippen MR) is 142 cm³/mol. The fourth-order valence-corrected chi connectivity index (χ4v) is 4.28. The summed E-state index contributed by atoms with van der Waals surface area (Å²) in [5, 5.41) is 0. The Morgan fingerprint density at radius 3 is 2.30 bits per heavy atom. The van der Waals surface area contributed by atoms with Crippen molar-refractivity contribution in [1.29, 1.82) is 0 Å². The van der Waals surface area contributed by atoms with Gasteiger partial charge < -0.3 is 19.1 Å². The maximum Gasteiger partial charge on any atom is 0.573 e. The molecule has 4 rings (SSSR count). The highest BCUT2D eigenvalue weighted by atomic mass is 19.4. The van der Waals surface area contributed by atoms with Crippen molar-refractivity contribution in [1.82, 2.24) is 23.6 Å². The maximum absolute atomic E-state index is 13.6. The van der Waals surface area contributed by atoms with Crippen LogP contribution in [0, 0.1) is 0 Å². The van der Waals surface area contributed by atoms with Gasteiger partial charge in [0.2, 0.25) is 0 Å². The highest BCUT2D eigenvalue weighted by Crippen LogP contribution is 2.30. The molecule has 2 aromatic heterocycles. The van der Waals surface area contributed by atoms with Gasteiger partial charge >= 0.3 is 18.1 Å². The van der Waals surface area contributed by atoms with Crippen molar-refractivity contribution in [3.63, 3.8) is 0 Å². The molecular weight excluding hydrogens is 531 g/mol. The second-order valence-electron chi connectivity index (χ2n) is 9.48. The maximum atomic E-state index is 13.6. The van der Waals surface area contributed by atoms with Crippen LogP contribution in [0.5, 0.6) is 17.5 Å². The van der Waals surface area contributed by atoms with Gasteiger partial charge in [0.15, 0.2) is 11.2 Å². The van der Waals surface area contributed by atoms with Crippen LogP contribution in [0.3, 0.4) is 0 Å². The lowest BCUT2D eigenvalue weighted by molar-refractivity contribution is -0.274. The monoisotopic (exact) mass is 561 g/mol. The molecule has 0 bridgehead atoms. The van der Waals surface area contributed by atoms with Crippen LogP contribution in [0.1, 0.15) is 17.5 Å². The van der Waals surface area contributed by atoms with Gasteiger partial charge in [0.1, 0.15) is 11.5 Å². The summed E-state index contributed by atoms with van der Waals surface area (Å²) in [7, 11) is 6.95. The molecule has 10 nitrogen and oxygen atoms in total. The van der Waals surface area contributed by atoms with Gasteiger partial charge in [-0.3, -0.25) is 18.5 Å². The number of imidazole rings is 1. The Morgan fingerprint density at radius 2 is 1.65 bits per heavy atom. The molecule has 13 heteroatoms. The molecule has 2 aromatic carbocycles. The van der Waals surface area contributed by atoms with E-state index in [9.17, 15) is 22.8 Å². The predicted octanol–water partition coefficient (Wildman–Crippen LogP) is 3.73. The number of halogens is 3. The summed E-state index contributed by atoms with van der Waals surface area (Å²) < 4.78 is 57.1. The van der Waals surface area contributed by atoms with Crippen molar-refractivity contribution in [3.05, 3.63) is 80.5 Å². The number of methoxy groups -OCH3 is 1. The van der Waals surface area contributed by atoms with Crippen LogP contribution in [-0.2, 0) is 31.4 Å². The third kappa shape index (κ3) is 6.72. The third-order valence-corrected chi connectivity index (χ3v) is 6.04. The number of hydrogen-bond donors (Lipinski definition) is 0. The first-order chi connectivity index (χ1) is 19.0. The zero-order valence-corrected chi connectivity index (χ0v) is 22.6. The van der Waals surface area contributed by atoms with Gasteiger partial charge in [-0.05, 0) is 43.8 Å². The molecule has 0 unspecified atom stereocenters. The summed E-state index contributed by atoms with van der Waals surface area (Å²) in [5.41, 5.74) is 0.993. The molecule has 0 atom stereocenters. The SMILES string of the molecule is COCCCn1c(=O)c2c(nc(Oc3cccc(OC(F)(F)F)c3)n2Cc2ccc(CN(C)C)cc2)n(C)c1=O. The van der Waals surface area contributed by atoms with Crippen molar-refractivity contribution in [2.45, 2.75) is 32.4 Å². The van der Waals surface area contributed by atoms with E-state index >= 15 is 0 Å². The highest BCUT2D eigenvalue weighted by Gasteiger charge is 2.31. The first kappa shape index (κ1) is 28.9. The molecule has 0 aliphatic carbocycles. The van der Waals surface area contributed by atoms with E-state index in [0.717, 1.165) is 34.4 Å². The second-order valence-corrected chi connectivity index (χ2v) is 9.48. The molecule has 40 heavy (non-hydrogen) atoms. The summed E-state index contributed by atoms with van der Waals surface area (Å²) >= 11 is 0. The second kappa shape index (κ2) is 12.0. The van der Waals surface area contributed by atoms with E-state index in [1.54, 1.807) is 0 Å². The smallest absolute Gasteiger partial charge is 0.425 e. The van der Waals surface area contributed by atoms with Crippen molar-refractivity contribution in [3.8, 4) is 17.5 Å². The van der Waals surface area contributed by atoms with Gasteiger partial charge in [-0.1, -0.05) is 30.3 Å². The zero-order valence-electron chi connectivity index (χ0n) is 22.6. The molecule has 0 aliphatic rings. The minimum absolute atomic E-state index is 0.00468. The first-order valence-corrected chi connectivity index (χ1v) is 12.4. The third-order valence-electron chi connectivity index (χ3n) is 6.04. The van der Waals surface area contributed by atoms with Crippen LogP contribution < -0.4 is 20.7 Å². The summed E-state index contributed by atoms with van der Waals surface area (Å²) in [6.07, 6.45) is -4.44. The van der Waals surface area contributed by atoms with Gasteiger partial charge in [0.05, 0.1) is 6.54 Å². The average Bonchev–Trinajstić information content (AvgIpc) is 3.22. The lowest BCUT2D eigenvalue weighted by atomic mass is 10.1. The van der Waals surface area contributed by atoms with E-state index in [1.807, 2.05) is 43.3 Å². The van der Waals surface area contributed by atoms with Crippen LogP contribution in [0.15, 0.2) is 58.1 Å². The summed E-state index contributed by atoms with van der Waals surface area (Å²) in [5.74, 6) is -0.470. The molecule has 0 radical (unpaired) electrons. The fraction of sp³-hybridized carbons (Fsp3) is 0.370. The lowest BCUT2D eigenvalue weighted by Crippen LogP contribution is -2.40. The molecule has 0 saturated heterocycles. The summed E-state index contributed by atoms with van der Waals surface area (Å²) in [6.45, 7) is 1.38. The number of aryl methyl sites for hydroxylation is 1. The Bertz CT molecular complexity index is 1590. The molecule has 0 aliphatic heterocycles. The van der Waals surface area contributed by atoms with E-state index in [-0.39, 0.29) is 36.0 Å². The largest absolute Gasteiger partial charge is 0.573 e. The lowest BCUT2D eigenvalue weighted by Gasteiger charge is -2.13. The number of aromatic nitrogens is 4. The van der Waals surface area contributed by atoms with Crippen LogP contribution in [0.4, 0.5) is 13.2 Å². The van der Waals surface area contributed by atoms with Crippen molar-refractivity contribution < 1.29 is 27.4 Å². The van der Waals surface area contributed by atoms with Crippen LogP contribution in [-0.4, -0.2) is 57.8 Å². The topological polar surface area (TPSA) is 92.8 Å². The number of ether oxygens (including phenoxy) is 3. The van der Waals surface area contributed by atoms with Crippen LogP contribution in [0.2, 0.25) is 0 Å². The van der Waals surface area contributed by atoms with Crippen molar-refractivity contribution in [2.75, 3.05) is 27.8 Å². The minimum atomic E-state index is -4.88. The van der Waals surface area contributed by atoms with E-state index < -0.39 is 23.4 Å². The highest BCUT2D eigenvalue weighted by molar-refractivity contribution is 5.72. The quantitative estimate of drug-likeness (QED) is 0.258. The van der Waals surface area contributed by atoms with E-state index in [2.05, 4.69) is 9.72 Å². The van der Waals surface area contributed by atoms with Gasteiger partial charge in [-0.2, -0.15) is 4.98 Å². The van der Waals surface area contributed by atoms with Gasteiger partial charge in [-0.15, -0.1) is 13.2 Å². The Labute approximate surface area is 227 Å². The zero-order chi connectivity index (χ0) is 29.0. The number of alkyl halides is 3. The Morgan fingerprint density at radius 1 is 0.975 bits per heavy atom. The number of fused-ring (bicyclic) bond motifs is 1. The molecule has 4 aromatic rings. The average molecular weight is 562 g/mol. The molecular formula is C27H30F3N5O5. The summed E-state index contributed by atoms with van der Waals surface area (Å²) in [6, 6.07) is 12.7. The van der Waals surface area contributed by atoms with Crippen LogP contribution >= 0.6 is 0 Å². The standard InChI is InChI=1S/C27H30F3N5O5/c1-32(2)16-18-9-11-19(12-10-18)17-35-22-23(33(3)26(37)34(24(22)36)13-6-14-38-4)31-25(35)39-20-7-5-8-21(15-20)40-27(28,29)30/h5,7-12,15H,6,13-14,16-17H2,1-4H3. The Kier molecular flexibility index (Phi) is 8.64. The number of rotatable bonds is 11. The van der Waals surface area contributed by atoms with Crippen molar-refractivity contribution in [2.24, 2.45) is 7.05 Å². The molecule has 0 spiro atoms. The van der Waals surface area contributed by atoms with E-state index in [1.165, 1.54) is 35.4 Å². The first-order valence-electron chi connectivity index (χ1n) is 12.4. The normalized spacial score (nSPS) is 11.9.